The molecule has 1 aliphatic carbocycles. The highest BCUT2D eigenvalue weighted by Gasteiger charge is 2.48. The molecule has 4 rings (SSSR count). The van der Waals surface area contributed by atoms with Gasteiger partial charge >= 0.3 is 0 Å². The van der Waals surface area contributed by atoms with E-state index < -0.39 is 5.92 Å². The van der Waals surface area contributed by atoms with Crippen LogP contribution in [-0.4, -0.2) is 38.5 Å². The van der Waals surface area contributed by atoms with E-state index in [4.69, 9.17) is 9.72 Å². The molecule has 1 fully saturated rings. The first-order valence-corrected chi connectivity index (χ1v) is 11.0. The summed E-state index contributed by atoms with van der Waals surface area (Å²) in [5, 5.41) is -0.0832. The number of pyridine rings is 1. The lowest BCUT2D eigenvalue weighted by molar-refractivity contribution is -0.0890. The van der Waals surface area contributed by atoms with Gasteiger partial charge in [-0.05, 0) is 43.2 Å². The lowest BCUT2D eigenvalue weighted by Gasteiger charge is -2.34. The Morgan fingerprint density at radius 3 is 2.68 bits per heavy atom. The van der Waals surface area contributed by atoms with Crippen LogP contribution in [0.2, 0.25) is 0 Å². The second-order valence-corrected chi connectivity index (χ2v) is 9.12. The molecule has 1 unspecified atom stereocenters. The molecule has 166 valence electrons. The minimum absolute atomic E-state index is 0.0306. The van der Waals surface area contributed by atoms with Gasteiger partial charge in [0.05, 0.1) is 17.6 Å². The average Bonchev–Trinajstić information content (AvgIpc) is 3.05. The smallest absolute Gasteiger partial charge is 0.253 e. The molecule has 1 saturated carbocycles. The Bertz CT molecular complexity index is 1140. The Kier molecular flexibility index (Phi) is 5.96. The molecule has 1 aliphatic rings. The van der Waals surface area contributed by atoms with E-state index in [1.165, 1.54) is 0 Å². The normalized spacial score (nSPS) is 17.1. The first-order chi connectivity index (χ1) is 14.7. The predicted octanol–water partition coefficient (Wildman–Crippen LogP) is 4.56. The van der Waals surface area contributed by atoms with Crippen molar-refractivity contribution >= 4 is 23.7 Å². The molecular formula is C23H27F2N3O2S. The standard InChI is InChI=1S/C23H27F2N3O2S/c1-4-30-13-18(31)12-28-20-8-15(16-7-14(2)22(29)27(3)11-16)5-6-19(20)26-21(28)17-9-23(24,25)10-17/h5-8,11,17-18,31H,4,9-10,12-13H2,1-3H3. The summed E-state index contributed by atoms with van der Waals surface area (Å²) in [6.07, 6.45) is 1.46. The van der Waals surface area contributed by atoms with Crippen molar-refractivity contribution in [3.63, 3.8) is 0 Å². The van der Waals surface area contributed by atoms with Gasteiger partial charge in [-0.25, -0.2) is 13.8 Å². The van der Waals surface area contributed by atoms with Gasteiger partial charge in [-0.15, -0.1) is 0 Å². The number of imidazole rings is 1. The van der Waals surface area contributed by atoms with E-state index in [1.807, 2.05) is 35.8 Å². The van der Waals surface area contributed by atoms with Gasteiger partial charge in [0.1, 0.15) is 5.82 Å². The minimum Gasteiger partial charge on any atom is -0.381 e. The van der Waals surface area contributed by atoms with Crippen LogP contribution in [-0.2, 0) is 18.3 Å². The molecule has 5 nitrogen and oxygen atoms in total. The summed E-state index contributed by atoms with van der Waals surface area (Å²) in [7, 11) is 1.73. The highest BCUT2D eigenvalue weighted by molar-refractivity contribution is 7.81. The van der Waals surface area contributed by atoms with E-state index in [-0.39, 0.29) is 29.6 Å². The van der Waals surface area contributed by atoms with Gasteiger partial charge in [0, 0.05) is 56.0 Å². The fourth-order valence-electron chi connectivity index (χ4n) is 4.22. The summed E-state index contributed by atoms with van der Waals surface area (Å²) < 4.78 is 36.3. The fourth-order valence-corrected chi connectivity index (χ4v) is 4.49. The van der Waals surface area contributed by atoms with Crippen molar-refractivity contribution in [1.82, 2.24) is 14.1 Å². The molecule has 0 N–H and O–H groups in total. The molecule has 2 heterocycles. The fraction of sp³-hybridized carbons (Fsp3) is 0.478. The van der Waals surface area contributed by atoms with Crippen LogP contribution in [0.4, 0.5) is 8.78 Å². The van der Waals surface area contributed by atoms with Gasteiger partial charge < -0.3 is 13.9 Å². The maximum Gasteiger partial charge on any atom is 0.253 e. The van der Waals surface area contributed by atoms with Crippen molar-refractivity contribution in [2.45, 2.75) is 50.3 Å². The second-order valence-electron chi connectivity index (χ2n) is 8.39. The maximum atomic E-state index is 13.6. The Hall–Kier alpha value is -2.19. The van der Waals surface area contributed by atoms with Gasteiger partial charge in [0.25, 0.3) is 5.56 Å². The van der Waals surface area contributed by atoms with Crippen LogP contribution in [0.3, 0.4) is 0 Å². The minimum atomic E-state index is -2.61. The summed E-state index contributed by atoms with van der Waals surface area (Å²) in [6.45, 7) is 5.31. The summed E-state index contributed by atoms with van der Waals surface area (Å²) in [5.74, 6) is -2.19. The molecule has 31 heavy (non-hydrogen) atoms. The number of hydrogen-bond donors (Lipinski definition) is 1. The Morgan fingerprint density at radius 1 is 1.29 bits per heavy atom. The summed E-state index contributed by atoms with van der Waals surface area (Å²) in [6, 6.07) is 7.76. The number of benzene rings is 1. The van der Waals surface area contributed by atoms with E-state index in [0.29, 0.717) is 31.1 Å². The van der Waals surface area contributed by atoms with Gasteiger partial charge in [0.2, 0.25) is 5.92 Å². The zero-order chi connectivity index (χ0) is 22.3. The topological polar surface area (TPSA) is 49.1 Å². The number of aryl methyl sites for hydroxylation is 2. The van der Waals surface area contributed by atoms with Crippen LogP contribution < -0.4 is 5.56 Å². The van der Waals surface area contributed by atoms with Crippen molar-refractivity contribution in [2.24, 2.45) is 7.05 Å². The van der Waals surface area contributed by atoms with Crippen molar-refractivity contribution in [3.05, 3.63) is 52.2 Å². The molecule has 0 aliphatic heterocycles. The summed E-state index contributed by atoms with van der Waals surface area (Å²) in [5.41, 5.74) is 4.15. The first-order valence-electron chi connectivity index (χ1n) is 10.5. The van der Waals surface area contributed by atoms with Gasteiger partial charge in [-0.1, -0.05) is 6.07 Å². The molecule has 2 aromatic heterocycles. The van der Waals surface area contributed by atoms with E-state index in [9.17, 15) is 13.6 Å². The molecular weight excluding hydrogens is 420 g/mol. The summed E-state index contributed by atoms with van der Waals surface area (Å²) in [4.78, 5) is 16.8. The third-order valence-electron chi connectivity index (χ3n) is 5.84. The number of hydrogen-bond acceptors (Lipinski definition) is 4. The van der Waals surface area contributed by atoms with E-state index in [2.05, 4.69) is 12.6 Å². The van der Waals surface area contributed by atoms with Crippen LogP contribution in [0, 0.1) is 6.92 Å². The molecule has 0 bridgehead atoms. The molecule has 1 atom stereocenters. The van der Waals surface area contributed by atoms with Crippen LogP contribution in [0.15, 0.2) is 35.3 Å². The number of nitrogens with zero attached hydrogens (tertiary/aromatic N) is 3. The van der Waals surface area contributed by atoms with Gasteiger partial charge in [-0.3, -0.25) is 4.79 Å². The lowest BCUT2D eigenvalue weighted by Crippen LogP contribution is -2.35. The number of fused-ring (bicyclic) bond motifs is 1. The molecule has 3 aromatic rings. The third kappa shape index (κ3) is 4.41. The summed E-state index contributed by atoms with van der Waals surface area (Å²) >= 11 is 4.65. The number of alkyl halides is 2. The van der Waals surface area contributed by atoms with E-state index >= 15 is 0 Å². The molecule has 8 heteroatoms. The van der Waals surface area contributed by atoms with E-state index in [1.54, 1.807) is 24.7 Å². The van der Waals surface area contributed by atoms with E-state index in [0.717, 1.165) is 22.2 Å². The quantitative estimate of drug-likeness (QED) is 0.541. The van der Waals surface area contributed by atoms with Crippen LogP contribution in [0.25, 0.3) is 22.2 Å². The molecule has 0 spiro atoms. The lowest BCUT2D eigenvalue weighted by atomic mass is 9.80. The monoisotopic (exact) mass is 447 g/mol. The van der Waals surface area contributed by atoms with Crippen LogP contribution >= 0.6 is 12.6 Å². The molecule has 0 amide bonds. The van der Waals surface area contributed by atoms with Crippen LogP contribution in [0.1, 0.15) is 37.1 Å². The van der Waals surface area contributed by atoms with Crippen molar-refractivity contribution in [3.8, 4) is 11.1 Å². The number of rotatable bonds is 7. The van der Waals surface area contributed by atoms with Gasteiger partial charge in [-0.2, -0.15) is 12.6 Å². The molecule has 0 radical (unpaired) electrons. The van der Waals surface area contributed by atoms with Crippen molar-refractivity contribution in [1.29, 1.82) is 0 Å². The molecule has 0 saturated heterocycles. The predicted molar refractivity (Wildman–Crippen MR) is 121 cm³/mol. The number of ether oxygens (including phenoxy) is 1. The van der Waals surface area contributed by atoms with Crippen molar-refractivity contribution in [2.75, 3.05) is 13.2 Å². The third-order valence-corrected chi connectivity index (χ3v) is 6.15. The van der Waals surface area contributed by atoms with Crippen molar-refractivity contribution < 1.29 is 13.5 Å². The molecule has 1 aromatic carbocycles. The Labute approximate surface area is 185 Å². The number of aromatic nitrogens is 3. The van der Waals surface area contributed by atoms with Gasteiger partial charge in [0.15, 0.2) is 0 Å². The highest BCUT2D eigenvalue weighted by Crippen LogP contribution is 2.48. The van der Waals surface area contributed by atoms with Crippen LogP contribution in [0.5, 0.6) is 0 Å². The zero-order valence-electron chi connectivity index (χ0n) is 17.9. The largest absolute Gasteiger partial charge is 0.381 e. The maximum absolute atomic E-state index is 13.6. The highest BCUT2D eigenvalue weighted by atomic mass is 32.1. The number of thiol groups is 1. The SMILES string of the molecule is CCOCC(S)Cn1c(C2CC(F)(F)C2)nc2ccc(-c3cc(C)c(=O)n(C)c3)cc21. The zero-order valence-corrected chi connectivity index (χ0v) is 18.8. The number of halogens is 2. The average molecular weight is 448 g/mol. The Balaban J connectivity index is 1.78. The first kappa shape index (κ1) is 22.0. The Morgan fingerprint density at radius 2 is 2.03 bits per heavy atom. The second kappa shape index (κ2) is 8.39.